The lowest BCUT2D eigenvalue weighted by molar-refractivity contribution is -0.0822. The van der Waals surface area contributed by atoms with Crippen LogP contribution < -0.4 is 0 Å². The van der Waals surface area contributed by atoms with Gasteiger partial charge in [-0.25, -0.2) is 4.98 Å². The first-order valence-corrected chi connectivity index (χ1v) is 7.65. The van der Waals surface area contributed by atoms with Crippen molar-refractivity contribution in [1.29, 1.82) is 5.26 Å². The molecule has 2 atom stereocenters. The molecule has 2 N–H and O–H groups in total. The minimum absolute atomic E-state index is 0.0913. The second-order valence-electron chi connectivity index (χ2n) is 6.91. The predicted molar refractivity (Wildman–Crippen MR) is 83.1 cm³/mol. The van der Waals surface area contributed by atoms with E-state index in [0.29, 0.717) is 18.4 Å². The number of hydrogen-bond donors (Lipinski definition) is 2. The Hall–Kier alpha value is -1.90. The van der Waals surface area contributed by atoms with E-state index in [1.54, 1.807) is 12.4 Å². The molecule has 1 saturated carbocycles. The summed E-state index contributed by atoms with van der Waals surface area (Å²) in [6.07, 6.45) is 4.94. The van der Waals surface area contributed by atoms with E-state index in [9.17, 15) is 10.2 Å². The van der Waals surface area contributed by atoms with Crippen LogP contribution in [0.4, 0.5) is 0 Å². The molecule has 116 valence electrons. The van der Waals surface area contributed by atoms with Crippen molar-refractivity contribution in [3.8, 4) is 6.07 Å². The quantitative estimate of drug-likeness (QED) is 0.910. The summed E-state index contributed by atoms with van der Waals surface area (Å²) in [4.78, 5) is 4.39. The summed E-state index contributed by atoms with van der Waals surface area (Å²) in [7, 11) is 0. The van der Waals surface area contributed by atoms with Crippen molar-refractivity contribution in [3.63, 3.8) is 0 Å². The Kier molecular flexibility index (Phi) is 3.67. The molecular formula is C17H21N3O2. The first-order valence-electron chi connectivity index (χ1n) is 7.65. The zero-order chi connectivity index (χ0) is 15.8. The molecule has 0 aliphatic heterocycles. The van der Waals surface area contributed by atoms with Crippen molar-refractivity contribution in [3.05, 3.63) is 30.1 Å². The van der Waals surface area contributed by atoms with Crippen LogP contribution in [-0.2, 0) is 6.54 Å². The second-order valence-corrected chi connectivity index (χ2v) is 6.91. The Morgan fingerprint density at radius 1 is 1.41 bits per heavy atom. The van der Waals surface area contributed by atoms with Crippen LogP contribution in [0.2, 0.25) is 0 Å². The number of fused-ring (bicyclic) bond motifs is 1. The number of hydrogen-bond acceptors (Lipinski definition) is 4. The number of benzene rings is 1. The molecule has 5 heteroatoms. The molecule has 0 radical (unpaired) electrons. The Morgan fingerprint density at radius 2 is 2.23 bits per heavy atom. The maximum atomic E-state index is 10.4. The van der Waals surface area contributed by atoms with Gasteiger partial charge in [-0.1, -0.05) is 6.92 Å². The average Bonchev–Trinajstić information content (AvgIpc) is 2.88. The molecule has 1 aliphatic carbocycles. The molecule has 3 rings (SSSR count). The van der Waals surface area contributed by atoms with Crippen molar-refractivity contribution in [1.82, 2.24) is 9.55 Å². The van der Waals surface area contributed by atoms with Crippen LogP contribution in [-0.4, -0.2) is 32.0 Å². The van der Waals surface area contributed by atoms with Gasteiger partial charge in [-0.15, -0.1) is 0 Å². The lowest BCUT2D eigenvalue weighted by Gasteiger charge is -2.42. The fourth-order valence-electron chi connectivity index (χ4n) is 3.75. The first-order chi connectivity index (χ1) is 10.5. The normalized spacial score (nSPS) is 28.6. The fourth-order valence-corrected chi connectivity index (χ4v) is 3.75. The monoisotopic (exact) mass is 299 g/mol. The third kappa shape index (κ3) is 2.72. The molecule has 22 heavy (non-hydrogen) atoms. The maximum Gasteiger partial charge on any atom is 0.0992 e. The highest BCUT2D eigenvalue weighted by Crippen LogP contribution is 2.42. The molecular weight excluding hydrogens is 278 g/mol. The van der Waals surface area contributed by atoms with E-state index in [1.165, 1.54) is 0 Å². The second kappa shape index (κ2) is 5.38. The van der Waals surface area contributed by atoms with Gasteiger partial charge in [0.1, 0.15) is 0 Å². The van der Waals surface area contributed by atoms with Crippen LogP contribution in [0.1, 0.15) is 38.2 Å². The molecule has 1 aliphatic rings. The zero-order valence-electron chi connectivity index (χ0n) is 12.8. The van der Waals surface area contributed by atoms with Crippen molar-refractivity contribution >= 4 is 11.0 Å². The van der Waals surface area contributed by atoms with Gasteiger partial charge >= 0.3 is 0 Å². The summed E-state index contributed by atoms with van der Waals surface area (Å²) in [5.41, 5.74) is 1.37. The van der Waals surface area contributed by atoms with Crippen LogP contribution in [0.3, 0.4) is 0 Å². The molecule has 2 unspecified atom stereocenters. The smallest absolute Gasteiger partial charge is 0.0992 e. The highest BCUT2D eigenvalue weighted by atomic mass is 16.3. The van der Waals surface area contributed by atoms with Gasteiger partial charge in [-0.2, -0.15) is 5.26 Å². The summed E-state index contributed by atoms with van der Waals surface area (Å²) >= 11 is 0. The Bertz CT molecular complexity index is 733. The van der Waals surface area contributed by atoms with Gasteiger partial charge in [-0.05, 0) is 49.3 Å². The van der Waals surface area contributed by atoms with E-state index < -0.39 is 5.60 Å². The molecule has 0 spiro atoms. The lowest BCUT2D eigenvalue weighted by Crippen LogP contribution is -2.44. The maximum absolute atomic E-state index is 10.4. The number of rotatable bonds is 3. The standard InChI is InChI=1S/C17H21N3O2/c1-16(5-2-6-17(22,9-16)11-21)10-20-12-19-14-4-3-13(8-18)7-15(14)20/h3-4,7,12,21-22H,2,5-6,9-11H2,1H3. The first kappa shape index (κ1) is 15.0. The van der Waals surface area contributed by atoms with E-state index in [0.717, 1.165) is 30.4 Å². The number of aromatic nitrogens is 2. The van der Waals surface area contributed by atoms with Crippen LogP contribution in [0, 0.1) is 16.7 Å². The Labute approximate surface area is 129 Å². The van der Waals surface area contributed by atoms with Crippen molar-refractivity contribution < 1.29 is 10.2 Å². The third-order valence-corrected chi connectivity index (χ3v) is 4.77. The summed E-state index contributed by atoms with van der Waals surface area (Å²) in [5, 5.41) is 28.9. The van der Waals surface area contributed by atoms with Gasteiger partial charge in [-0.3, -0.25) is 0 Å². The summed E-state index contributed by atoms with van der Waals surface area (Å²) in [6.45, 7) is 2.68. The number of nitrogens with zero attached hydrogens (tertiary/aromatic N) is 3. The van der Waals surface area contributed by atoms with Crippen LogP contribution in [0.5, 0.6) is 0 Å². The fraction of sp³-hybridized carbons (Fsp3) is 0.529. The molecule has 5 nitrogen and oxygen atoms in total. The van der Waals surface area contributed by atoms with Gasteiger partial charge in [0.25, 0.3) is 0 Å². The highest BCUT2D eigenvalue weighted by molar-refractivity contribution is 5.76. The van der Waals surface area contributed by atoms with E-state index in [2.05, 4.69) is 22.5 Å². The molecule has 1 aromatic heterocycles. The molecule has 2 aromatic rings. The number of aliphatic hydroxyl groups excluding tert-OH is 1. The van der Waals surface area contributed by atoms with E-state index in [-0.39, 0.29) is 12.0 Å². The number of nitriles is 1. The van der Waals surface area contributed by atoms with E-state index in [1.807, 2.05) is 12.1 Å². The molecule has 0 bridgehead atoms. The SMILES string of the molecule is CC1(Cn2cnc3ccc(C#N)cc32)CCCC(O)(CO)C1. The van der Waals surface area contributed by atoms with Crippen molar-refractivity contribution in [2.24, 2.45) is 5.41 Å². The average molecular weight is 299 g/mol. The molecule has 1 heterocycles. The van der Waals surface area contributed by atoms with Gasteiger partial charge in [0.2, 0.25) is 0 Å². The Balaban J connectivity index is 1.91. The summed E-state index contributed by atoms with van der Waals surface area (Å²) < 4.78 is 2.05. The lowest BCUT2D eigenvalue weighted by atomic mass is 9.68. The molecule has 0 saturated heterocycles. The number of imidazole rings is 1. The van der Waals surface area contributed by atoms with Crippen LogP contribution in [0.25, 0.3) is 11.0 Å². The topological polar surface area (TPSA) is 82.1 Å². The minimum Gasteiger partial charge on any atom is -0.393 e. The molecule has 0 amide bonds. The van der Waals surface area contributed by atoms with E-state index in [4.69, 9.17) is 5.26 Å². The van der Waals surface area contributed by atoms with E-state index >= 15 is 0 Å². The predicted octanol–water partition coefficient (Wildman–Crippen LogP) is 2.21. The van der Waals surface area contributed by atoms with Gasteiger partial charge in [0.05, 0.1) is 41.2 Å². The zero-order valence-corrected chi connectivity index (χ0v) is 12.8. The van der Waals surface area contributed by atoms with Crippen LogP contribution in [0.15, 0.2) is 24.5 Å². The van der Waals surface area contributed by atoms with Gasteiger partial charge in [0, 0.05) is 6.54 Å². The Morgan fingerprint density at radius 3 is 2.95 bits per heavy atom. The minimum atomic E-state index is -0.971. The number of aliphatic hydroxyl groups is 2. The van der Waals surface area contributed by atoms with Crippen molar-refractivity contribution in [2.75, 3.05) is 6.61 Å². The van der Waals surface area contributed by atoms with Crippen LogP contribution >= 0.6 is 0 Å². The highest BCUT2D eigenvalue weighted by Gasteiger charge is 2.41. The molecule has 1 fully saturated rings. The van der Waals surface area contributed by atoms with Crippen molar-refractivity contribution in [2.45, 2.75) is 44.8 Å². The summed E-state index contributed by atoms with van der Waals surface area (Å²) in [6, 6.07) is 7.64. The third-order valence-electron chi connectivity index (χ3n) is 4.77. The molecule has 1 aromatic carbocycles. The largest absolute Gasteiger partial charge is 0.393 e. The summed E-state index contributed by atoms with van der Waals surface area (Å²) in [5.74, 6) is 0. The van der Waals surface area contributed by atoms with Gasteiger partial charge < -0.3 is 14.8 Å². The van der Waals surface area contributed by atoms with Gasteiger partial charge in [0.15, 0.2) is 0 Å².